The van der Waals surface area contributed by atoms with E-state index in [2.05, 4.69) is 26.7 Å². The summed E-state index contributed by atoms with van der Waals surface area (Å²) >= 11 is 0. The third kappa shape index (κ3) is 0.750. The first-order valence-electron chi connectivity index (χ1n) is 5.12. The molecule has 2 saturated carbocycles. The molecule has 0 amide bonds. The lowest BCUT2D eigenvalue weighted by atomic mass is 9.39. The Kier molecular flexibility index (Phi) is 1.72. The van der Waals surface area contributed by atoms with E-state index in [0.29, 0.717) is 0 Å². The Bertz CT molecular complexity index is 223. The van der Waals surface area contributed by atoms with E-state index in [4.69, 9.17) is 6.42 Å². The van der Waals surface area contributed by atoms with Gasteiger partial charge in [0.25, 0.3) is 0 Å². The van der Waals surface area contributed by atoms with Gasteiger partial charge >= 0.3 is 0 Å². The molecule has 0 radical (unpaired) electrons. The van der Waals surface area contributed by atoms with Crippen molar-refractivity contribution in [1.29, 1.82) is 0 Å². The van der Waals surface area contributed by atoms with Gasteiger partial charge in [0, 0.05) is 6.42 Å². The van der Waals surface area contributed by atoms with Gasteiger partial charge in [0.05, 0.1) is 0 Å². The molecule has 0 aromatic carbocycles. The van der Waals surface area contributed by atoms with E-state index in [1.54, 1.807) is 0 Å². The fourth-order valence-electron chi connectivity index (χ4n) is 3.71. The second-order valence-corrected chi connectivity index (χ2v) is 4.80. The summed E-state index contributed by atoms with van der Waals surface area (Å²) < 4.78 is 0. The van der Waals surface area contributed by atoms with E-state index in [1.807, 2.05) is 0 Å². The van der Waals surface area contributed by atoms with E-state index >= 15 is 0 Å². The fraction of sp³-hybridized carbons (Fsp3) is 0.833. The Morgan fingerprint density at radius 1 is 1.00 bits per heavy atom. The molecule has 2 rings (SSSR count). The minimum Gasteiger partial charge on any atom is -0.120 e. The van der Waals surface area contributed by atoms with Gasteiger partial charge in [-0.15, -0.1) is 12.3 Å². The van der Waals surface area contributed by atoms with E-state index in [-0.39, 0.29) is 0 Å². The molecule has 2 fully saturated rings. The predicted octanol–water partition coefficient (Wildman–Crippen LogP) is 2.79. The predicted molar refractivity (Wildman–Crippen MR) is 51.4 cm³/mol. The van der Waals surface area contributed by atoms with E-state index in [1.165, 1.54) is 0 Å². The quantitative estimate of drug-likeness (QED) is 0.520. The first-order chi connectivity index (χ1) is 5.68. The second kappa shape index (κ2) is 2.52. The zero-order valence-electron chi connectivity index (χ0n) is 8.25. The SMILES string of the molecule is C#CCC1C(C)C2C(C)C(C)C12. The highest BCUT2D eigenvalue weighted by Gasteiger charge is 2.60. The van der Waals surface area contributed by atoms with Crippen LogP contribution in [0.1, 0.15) is 27.2 Å². The van der Waals surface area contributed by atoms with E-state index in [0.717, 1.165) is 41.9 Å². The van der Waals surface area contributed by atoms with Crippen LogP contribution in [0.4, 0.5) is 0 Å². The van der Waals surface area contributed by atoms with Gasteiger partial charge in [0.2, 0.25) is 0 Å². The average molecular weight is 162 g/mol. The highest BCUT2D eigenvalue weighted by atomic mass is 14.6. The monoisotopic (exact) mass is 162 g/mol. The summed E-state index contributed by atoms with van der Waals surface area (Å²) in [5.74, 6) is 8.46. The molecular formula is C12H18. The number of hydrogen-bond donors (Lipinski definition) is 0. The standard InChI is InChI=1S/C12H18/c1-5-6-10-9(4)11-7(2)8(3)12(10)11/h1,7-12H,6H2,2-4H3. The van der Waals surface area contributed by atoms with E-state index in [9.17, 15) is 0 Å². The van der Waals surface area contributed by atoms with Crippen molar-refractivity contribution >= 4 is 0 Å². The van der Waals surface area contributed by atoms with Gasteiger partial charge in [0.15, 0.2) is 0 Å². The van der Waals surface area contributed by atoms with Gasteiger partial charge < -0.3 is 0 Å². The highest BCUT2D eigenvalue weighted by molar-refractivity contribution is 5.10. The molecule has 0 aromatic heterocycles. The number of rotatable bonds is 1. The van der Waals surface area contributed by atoms with Crippen molar-refractivity contribution in [2.75, 3.05) is 0 Å². The minimum atomic E-state index is 0.853. The lowest BCUT2D eigenvalue weighted by molar-refractivity contribution is -0.183. The molecule has 0 N–H and O–H groups in total. The summed E-state index contributed by atoms with van der Waals surface area (Å²) in [4.78, 5) is 0. The Morgan fingerprint density at radius 3 is 2.17 bits per heavy atom. The van der Waals surface area contributed by atoms with Crippen LogP contribution >= 0.6 is 0 Å². The van der Waals surface area contributed by atoms with Crippen LogP contribution in [0, 0.1) is 47.9 Å². The molecule has 0 aliphatic heterocycles. The number of hydrogen-bond acceptors (Lipinski definition) is 0. The zero-order valence-corrected chi connectivity index (χ0v) is 8.25. The number of fused-ring (bicyclic) bond motifs is 1. The zero-order chi connectivity index (χ0) is 8.88. The van der Waals surface area contributed by atoms with Crippen molar-refractivity contribution in [2.24, 2.45) is 35.5 Å². The summed E-state index contributed by atoms with van der Waals surface area (Å²) in [5, 5.41) is 0. The summed E-state index contributed by atoms with van der Waals surface area (Å²) in [6.45, 7) is 7.17. The van der Waals surface area contributed by atoms with Crippen molar-refractivity contribution in [2.45, 2.75) is 27.2 Å². The normalized spacial score (nSPS) is 56.2. The Morgan fingerprint density at radius 2 is 1.58 bits per heavy atom. The van der Waals surface area contributed by atoms with Crippen LogP contribution < -0.4 is 0 Å². The van der Waals surface area contributed by atoms with Crippen molar-refractivity contribution in [3.05, 3.63) is 0 Å². The molecule has 12 heavy (non-hydrogen) atoms. The lowest BCUT2D eigenvalue weighted by Gasteiger charge is -2.66. The summed E-state index contributed by atoms with van der Waals surface area (Å²) in [7, 11) is 0. The van der Waals surface area contributed by atoms with Gasteiger partial charge in [-0.25, -0.2) is 0 Å². The van der Waals surface area contributed by atoms with Gasteiger partial charge in [0.1, 0.15) is 0 Å². The maximum absolute atomic E-state index is 5.36. The van der Waals surface area contributed by atoms with Crippen LogP contribution in [0.2, 0.25) is 0 Å². The molecule has 66 valence electrons. The Balaban J connectivity index is 2.01. The molecule has 0 heteroatoms. The maximum Gasteiger partial charge on any atom is 0.0120 e. The van der Waals surface area contributed by atoms with Crippen LogP contribution in [0.25, 0.3) is 0 Å². The van der Waals surface area contributed by atoms with Crippen molar-refractivity contribution < 1.29 is 0 Å². The first kappa shape index (κ1) is 8.17. The maximum atomic E-state index is 5.36. The van der Waals surface area contributed by atoms with Gasteiger partial charge in [-0.2, -0.15) is 0 Å². The van der Waals surface area contributed by atoms with Crippen LogP contribution in [0.5, 0.6) is 0 Å². The molecular weight excluding hydrogens is 144 g/mol. The molecule has 0 bridgehead atoms. The van der Waals surface area contributed by atoms with Crippen LogP contribution in [-0.4, -0.2) is 0 Å². The van der Waals surface area contributed by atoms with Crippen LogP contribution in [0.15, 0.2) is 0 Å². The molecule has 0 aromatic rings. The van der Waals surface area contributed by atoms with Gasteiger partial charge in [-0.1, -0.05) is 20.8 Å². The summed E-state index contributed by atoms with van der Waals surface area (Å²) in [6, 6.07) is 0. The van der Waals surface area contributed by atoms with Crippen molar-refractivity contribution in [1.82, 2.24) is 0 Å². The third-order valence-electron chi connectivity index (χ3n) is 4.62. The van der Waals surface area contributed by atoms with Gasteiger partial charge in [-0.3, -0.25) is 0 Å². The summed E-state index contributed by atoms with van der Waals surface area (Å²) in [6.07, 6.45) is 6.38. The smallest absolute Gasteiger partial charge is 0.0120 e. The Labute approximate surface area is 75.7 Å². The summed E-state index contributed by atoms with van der Waals surface area (Å²) in [5.41, 5.74) is 0. The lowest BCUT2D eigenvalue weighted by Crippen LogP contribution is -2.61. The molecule has 6 atom stereocenters. The molecule has 6 unspecified atom stereocenters. The third-order valence-corrected chi connectivity index (χ3v) is 4.62. The molecule has 0 spiro atoms. The topological polar surface area (TPSA) is 0 Å². The molecule has 0 heterocycles. The van der Waals surface area contributed by atoms with Crippen LogP contribution in [0.3, 0.4) is 0 Å². The highest BCUT2D eigenvalue weighted by Crippen LogP contribution is 2.65. The fourth-order valence-corrected chi connectivity index (χ4v) is 3.71. The van der Waals surface area contributed by atoms with Crippen molar-refractivity contribution in [3.63, 3.8) is 0 Å². The minimum absolute atomic E-state index is 0.853. The second-order valence-electron chi connectivity index (χ2n) is 4.80. The molecule has 0 saturated heterocycles. The first-order valence-corrected chi connectivity index (χ1v) is 5.12. The molecule has 0 nitrogen and oxygen atoms in total. The van der Waals surface area contributed by atoms with E-state index < -0.39 is 0 Å². The molecule has 2 aliphatic rings. The van der Waals surface area contributed by atoms with Crippen LogP contribution in [-0.2, 0) is 0 Å². The van der Waals surface area contributed by atoms with Gasteiger partial charge in [-0.05, 0) is 35.5 Å². The van der Waals surface area contributed by atoms with Crippen molar-refractivity contribution in [3.8, 4) is 12.3 Å². The Hall–Kier alpha value is -0.440. The molecule has 2 aliphatic carbocycles. The average Bonchev–Trinajstić information content (AvgIpc) is 2.07. The largest absolute Gasteiger partial charge is 0.120 e. The number of terminal acetylenes is 1.